The number of rotatable bonds is 0. The number of pyridine rings is 1. The van der Waals surface area contributed by atoms with Gasteiger partial charge < -0.3 is 4.98 Å². The molecule has 0 atom stereocenters. The van der Waals surface area contributed by atoms with Gasteiger partial charge in [-0.3, -0.25) is 9.59 Å². The number of aromatic nitrogens is 1. The lowest BCUT2D eigenvalue weighted by molar-refractivity contribution is 0.629. The van der Waals surface area contributed by atoms with Gasteiger partial charge in [0.1, 0.15) is 0 Å². The van der Waals surface area contributed by atoms with E-state index in [0.29, 0.717) is 15.9 Å². The van der Waals surface area contributed by atoms with Crippen LogP contribution in [0.2, 0.25) is 5.02 Å². The van der Waals surface area contributed by atoms with Gasteiger partial charge in [-0.2, -0.15) is 0 Å². The highest BCUT2D eigenvalue weighted by Gasteiger charge is 2.10. The lowest BCUT2D eigenvalue weighted by atomic mass is 10.1. The molecule has 0 saturated heterocycles. The van der Waals surface area contributed by atoms with E-state index >= 15 is 0 Å². The molecule has 3 aromatic rings. The summed E-state index contributed by atoms with van der Waals surface area (Å²) < 4.78 is 13.9. The van der Waals surface area contributed by atoms with Crippen LogP contribution in [0.3, 0.4) is 0 Å². The summed E-state index contributed by atoms with van der Waals surface area (Å²) in [6, 6.07) is 7.23. The van der Waals surface area contributed by atoms with Gasteiger partial charge in [0, 0.05) is 17.1 Å². The summed E-state index contributed by atoms with van der Waals surface area (Å²) >= 11 is 5.83. The SMILES string of the molecule is O=c1ccc2ccc3[nH]cc(Cl)cc3c(=O)c2c1F. The standard InChI is InChI=1S/C14H7ClFNO2/c15-8-5-9-10(17-6-8)3-1-7-2-4-11(18)13(16)12(7)14(9)19/h1-6,17H. The number of H-pyrrole nitrogens is 1. The van der Waals surface area contributed by atoms with Crippen LogP contribution in [-0.4, -0.2) is 4.98 Å². The zero-order valence-corrected chi connectivity index (χ0v) is 10.3. The Balaban J connectivity index is 2.71. The molecule has 1 aromatic heterocycles. The molecule has 0 aliphatic rings. The molecule has 0 aliphatic carbocycles. The molecule has 0 aliphatic heterocycles. The second kappa shape index (κ2) is 4.17. The van der Waals surface area contributed by atoms with Crippen LogP contribution in [0.4, 0.5) is 4.39 Å². The summed E-state index contributed by atoms with van der Waals surface area (Å²) in [4.78, 5) is 26.6. The maximum atomic E-state index is 13.9. The van der Waals surface area contributed by atoms with Crippen LogP contribution in [-0.2, 0) is 0 Å². The van der Waals surface area contributed by atoms with Crippen LogP contribution >= 0.6 is 11.6 Å². The summed E-state index contributed by atoms with van der Waals surface area (Å²) in [5.41, 5.74) is -0.823. The fraction of sp³-hybridized carbons (Fsp3) is 0. The Morgan fingerprint density at radius 1 is 1.11 bits per heavy atom. The van der Waals surface area contributed by atoms with Gasteiger partial charge in [0.25, 0.3) is 0 Å². The molecule has 19 heavy (non-hydrogen) atoms. The predicted molar refractivity (Wildman–Crippen MR) is 73.3 cm³/mol. The highest BCUT2D eigenvalue weighted by molar-refractivity contribution is 6.31. The van der Waals surface area contributed by atoms with E-state index in [0.717, 1.165) is 6.07 Å². The van der Waals surface area contributed by atoms with Crippen LogP contribution in [0, 0.1) is 5.82 Å². The molecule has 0 saturated carbocycles. The largest absolute Gasteiger partial charge is 0.360 e. The number of benzene rings is 1. The van der Waals surface area contributed by atoms with Crippen molar-refractivity contribution in [2.45, 2.75) is 0 Å². The maximum absolute atomic E-state index is 13.9. The third-order valence-corrected chi connectivity index (χ3v) is 3.20. The first-order valence-corrected chi connectivity index (χ1v) is 5.89. The average molecular weight is 276 g/mol. The number of hydrogen-bond acceptors (Lipinski definition) is 2. The minimum absolute atomic E-state index is 0.210. The highest BCUT2D eigenvalue weighted by atomic mass is 35.5. The average Bonchev–Trinajstić information content (AvgIpc) is 2.53. The van der Waals surface area contributed by atoms with E-state index in [9.17, 15) is 14.0 Å². The molecule has 1 N–H and O–H groups in total. The van der Waals surface area contributed by atoms with Crippen molar-refractivity contribution in [2.75, 3.05) is 0 Å². The van der Waals surface area contributed by atoms with Crippen molar-refractivity contribution < 1.29 is 4.39 Å². The highest BCUT2D eigenvalue weighted by Crippen LogP contribution is 2.17. The summed E-state index contributed by atoms with van der Waals surface area (Å²) in [6.07, 6.45) is 1.53. The lowest BCUT2D eigenvalue weighted by Gasteiger charge is -1.94. The van der Waals surface area contributed by atoms with Crippen LogP contribution in [0.1, 0.15) is 0 Å². The van der Waals surface area contributed by atoms with Crippen LogP contribution in [0.15, 0.2) is 46.1 Å². The lowest BCUT2D eigenvalue weighted by Crippen LogP contribution is -2.10. The summed E-state index contributed by atoms with van der Waals surface area (Å²) in [6.45, 7) is 0. The second-order valence-electron chi connectivity index (χ2n) is 4.15. The zero-order valence-electron chi connectivity index (χ0n) is 9.54. The Labute approximate surface area is 111 Å². The smallest absolute Gasteiger partial charge is 0.214 e. The number of aromatic amines is 1. The summed E-state index contributed by atoms with van der Waals surface area (Å²) in [7, 11) is 0. The molecule has 2 aromatic carbocycles. The molecule has 0 spiro atoms. The van der Waals surface area contributed by atoms with Crippen molar-refractivity contribution in [3.63, 3.8) is 0 Å². The third-order valence-electron chi connectivity index (χ3n) is 2.98. The number of halogens is 2. The quantitative estimate of drug-likeness (QED) is 0.686. The fourth-order valence-electron chi connectivity index (χ4n) is 2.06. The van der Waals surface area contributed by atoms with Gasteiger partial charge >= 0.3 is 0 Å². The van der Waals surface area contributed by atoms with E-state index in [1.54, 1.807) is 12.1 Å². The van der Waals surface area contributed by atoms with Crippen molar-refractivity contribution in [3.05, 3.63) is 67.8 Å². The Kier molecular flexibility index (Phi) is 2.61. The molecule has 0 radical (unpaired) electrons. The number of hydrogen-bond donors (Lipinski definition) is 1. The van der Waals surface area contributed by atoms with Crippen molar-refractivity contribution in [1.82, 2.24) is 4.98 Å². The van der Waals surface area contributed by atoms with Crippen LogP contribution in [0.5, 0.6) is 0 Å². The van der Waals surface area contributed by atoms with Crippen LogP contribution < -0.4 is 10.9 Å². The second-order valence-corrected chi connectivity index (χ2v) is 4.59. The molecule has 0 amide bonds. The fourth-order valence-corrected chi connectivity index (χ4v) is 2.22. The number of nitrogens with one attached hydrogen (secondary N) is 1. The Morgan fingerprint density at radius 3 is 2.63 bits per heavy atom. The minimum atomic E-state index is -1.03. The predicted octanol–water partition coefficient (Wildman–Crippen LogP) is 2.83. The van der Waals surface area contributed by atoms with Crippen molar-refractivity contribution in [3.8, 4) is 0 Å². The topological polar surface area (TPSA) is 49.9 Å². The molecular formula is C14H7ClFNO2. The van der Waals surface area contributed by atoms with E-state index in [4.69, 9.17) is 11.6 Å². The first-order valence-electron chi connectivity index (χ1n) is 5.51. The van der Waals surface area contributed by atoms with Gasteiger partial charge in [0.05, 0.1) is 10.4 Å². The van der Waals surface area contributed by atoms with Gasteiger partial charge in [-0.05, 0) is 23.6 Å². The third kappa shape index (κ3) is 1.81. The van der Waals surface area contributed by atoms with Gasteiger partial charge in [-0.15, -0.1) is 0 Å². The van der Waals surface area contributed by atoms with E-state index in [1.807, 2.05) is 0 Å². The normalized spacial score (nSPS) is 11.1. The maximum Gasteiger partial charge on any atom is 0.214 e. The molecule has 3 rings (SSSR count). The van der Waals surface area contributed by atoms with Crippen molar-refractivity contribution >= 4 is 33.3 Å². The van der Waals surface area contributed by atoms with Gasteiger partial charge in [0.15, 0.2) is 11.2 Å². The molecule has 5 heteroatoms. The Bertz CT molecular complexity index is 934. The van der Waals surface area contributed by atoms with Crippen LogP contribution in [0.25, 0.3) is 21.7 Å². The molecule has 0 unspecified atom stereocenters. The van der Waals surface area contributed by atoms with E-state index in [1.165, 1.54) is 18.3 Å². The molecule has 0 fully saturated rings. The van der Waals surface area contributed by atoms with Gasteiger partial charge in [0.2, 0.25) is 5.43 Å². The molecule has 94 valence electrons. The molecular weight excluding hydrogens is 269 g/mol. The van der Waals surface area contributed by atoms with E-state index < -0.39 is 16.7 Å². The van der Waals surface area contributed by atoms with Crippen molar-refractivity contribution in [2.24, 2.45) is 0 Å². The zero-order chi connectivity index (χ0) is 13.6. The first kappa shape index (κ1) is 11.9. The van der Waals surface area contributed by atoms with Gasteiger partial charge in [-0.1, -0.05) is 23.7 Å². The molecule has 1 heterocycles. The van der Waals surface area contributed by atoms with E-state index in [-0.39, 0.29) is 10.8 Å². The number of fused-ring (bicyclic) bond motifs is 2. The molecule has 0 bridgehead atoms. The van der Waals surface area contributed by atoms with E-state index in [2.05, 4.69) is 4.98 Å². The summed E-state index contributed by atoms with van der Waals surface area (Å²) in [5.74, 6) is -1.03. The monoisotopic (exact) mass is 275 g/mol. The first-order chi connectivity index (χ1) is 9.08. The molecule has 3 nitrogen and oxygen atoms in total. The van der Waals surface area contributed by atoms with Gasteiger partial charge in [-0.25, -0.2) is 4.39 Å². The Morgan fingerprint density at radius 2 is 1.84 bits per heavy atom. The Hall–Kier alpha value is -2.20. The van der Waals surface area contributed by atoms with Crippen molar-refractivity contribution in [1.29, 1.82) is 0 Å². The minimum Gasteiger partial charge on any atom is -0.360 e. The summed E-state index contributed by atoms with van der Waals surface area (Å²) in [5, 5.41) is 0.746.